The lowest BCUT2D eigenvalue weighted by atomic mass is 10.1. The van der Waals surface area contributed by atoms with Gasteiger partial charge in [-0.2, -0.15) is 0 Å². The number of hydrogen-bond donors (Lipinski definition) is 1. The number of aromatic carboxylic acids is 1. The van der Waals surface area contributed by atoms with Crippen LogP contribution in [0.5, 0.6) is 0 Å². The normalized spacial score (nSPS) is 11.2. The molecule has 0 unspecified atom stereocenters. The number of hydrogen-bond acceptors (Lipinski definition) is 2. The van der Waals surface area contributed by atoms with Gasteiger partial charge < -0.3 is 5.11 Å². The van der Waals surface area contributed by atoms with E-state index >= 15 is 0 Å². The second-order valence-electron chi connectivity index (χ2n) is 4.13. The lowest BCUT2D eigenvalue weighted by Gasteiger charge is -2.21. The molecular weight excluding hydrogens is 240 g/mol. The summed E-state index contributed by atoms with van der Waals surface area (Å²) in [5.41, 5.74) is 0.921. The summed E-state index contributed by atoms with van der Waals surface area (Å²) in [4.78, 5) is 12.4. The molecule has 0 amide bonds. The summed E-state index contributed by atoms with van der Waals surface area (Å²) in [6.45, 7) is 2.55. The van der Waals surface area contributed by atoms with Gasteiger partial charge in [0.1, 0.15) is 0 Å². The van der Waals surface area contributed by atoms with Gasteiger partial charge in [0.2, 0.25) is 0 Å². The Labute approximate surface area is 105 Å². The highest BCUT2D eigenvalue weighted by Gasteiger charge is 2.12. The van der Waals surface area contributed by atoms with E-state index in [9.17, 15) is 13.6 Å². The van der Waals surface area contributed by atoms with Gasteiger partial charge in [-0.1, -0.05) is 19.1 Å². The fourth-order valence-electron chi connectivity index (χ4n) is 1.81. The Bertz CT molecular complexity index is 396. The maximum atomic E-state index is 12.4. The number of alkyl halides is 2. The lowest BCUT2D eigenvalue weighted by molar-refractivity contribution is 0.0695. The third kappa shape index (κ3) is 4.79. The first-order chi connectivity index (χ1) is 8.52. The second kappa shape index (κ2) is 7.06. The van der Waals surface area contributed by atoms with Gasteiger partial charge >= 0.3 is 5.97 Å². The minimum atomic E-state index is -2.38. The van der Waals surface area contributed by atoms with Crippen molar-refractivity contribution in [3.05, 3.63) is 35.4 Å². The van der Waals surface area contributed by atoms with Crippen molar-refractivity contribution in [1.82, 2.24) is 4.90 Å². The molecule has 100 valence electrons. The van der Waals surface area contributed by atoms with E-state index in [0.29, 0.717) is 13.1 Å². The van der Waals surface area contributed by atoms with Crippen molar-refractivity contribution in [2.75, 3.05) is 13.1 Å². The van der Waals surface area contributed by atoms with Crippen molar-refractivity contribution in [2.45, 2.75) is 26.3 Å². The second-order valence-corrected chi connectivity index (χ2v) is 4.13. The van der Waals surface area contributed by atoms with Crippen LogP contribution in [-0.2, 0) is 6.54 Å². The molecule has 0 spiro atoms. The van der Waals surface area contributed by atoms with Crippen molar-refractivity contribution >= 4 is 5.97 Å². The average molecular weight is 257 g/mol. The molecule has 0 saturated carbocycles. The number of nitrogens with zero attached hydrogens (tertiary/aromatic N) is 1. The molecule has 0 radical (unpaired) electrons. The molecule has 0 bridgehead atoms. The quantitative estimate of drug-likeness (QED) is 0.816. The number of carboxylic acids is 1. The first-order valence-corrected chi connectivity index (χ1v) is 5.85. The summed E-state index contributed by atoms with van der Waals surface area (Å²) in [6.07, 6.45) is -1.59. The zero-order chi connectivity index (χ0) is 13.5. The summed E-state index contributed by atoms with van der Waals surface area (Å²) < 4.78 is 24.8. The summed E-state index contributed by atoms with van der Waals surface area (Å²) in [5, 5.41) is 8.86. The monoisotopic (exact) mass is 257 g/mol. The van der Waals surface area contributed by atoms with Gasteiger partial charge in [0.15, 0.2) is 0 Å². The van der Waals surface area contributed by atoms with Crippen molar-refractivity contribution < 1.29 is 18.7 Å². The smallest absolute Gasteiger partial charge is 0.335 e. The van der Waals surface area contributed by atoms with Crippen molar-refractivity contribution in [2.24, 2.45) is 0 Å². The van der Waals surface area contributed by atoms with Crippen LogP contribution in [0.15, 0.2) is 24.3 Å². The fraction of sp³-hybridized carbons (Fsp3) is 0.462. The van der Waals surface area contributed by atoms with Crippen molar-refractivity contribution in [3.63, 3.8) is 0 Å². The van der Waals surface area contributed by atoms with Crippen LogP contribution in [0.1, 0.15) is 29.3 Å². The minimum absolute atomic E-state index is 0.181. The Morgan fingerprint density at radius 1 is 1.44 bits per heavy atom. The average Bonchev–Trinajstić information content (AvgIpc) is 2.28. The lowest BCUT2D eigenvalue weighted by Crippen LogP contribution is -2.29. The van der Waals surface area contributed by atoms with Crippen LogP contribution in [0.25, 0.3) is 0 Å². The van der Waals surface area contributed by atoms with Gasteiger partial charge in [-0.15, -0.1) is 0 Å². The van der Waals surface area contributed by atoms with E-state index in [-0.39, 0.29) is 12.1 Å². The number of carboxylic acid groups (broad SMARTS) is 1. The van der Waals surface area contributed by atoms with Crippen LogP contribution in [0.2, 0.25) is 0 Å². The zero-order valence-corrected chi connectivity index (χ0v) is 10.3. The van der Waals surface area contributed by atoms with Gasteiger partial charge in [0, 0.05) is 6.54 Å². The van der Waals surface area contributed by atoms with E-state index in [1.807, 2.05) is 6.92 Å². The molecule has 3 nitrogen and oxygen atoms in total. The summed E-state index contributed by atoms with van der Waals surface area (Å²) in [7, 11) is 0. The maximum Gasteiger partial charge on any atom is 0.335 e. The highest BCUT2D eigenvalue weighted by atomic mass is 19.3. The largest absolute Gasteiger partial charge is 0.478 e. The standard InChI is InChI=1S/C13H17F2NO2/c1-2-6-16(9-12(14)15)8-10-4-3-5-11(7-10)13(17)18/h3-5,7,12H,2,6,8-9H2,1H3,(H,17,18). The van der Waals surface area contributed by atoms with E-state index in [1.165, 1.54) is 12.1 Å². The molecule has 18 heavy (non-hydrogen) atoms. The molecule has 1 N–H and O–H groups in total. The Morgan fingerprint density at radius 3 is 2.72 bits per heavy atom. The van der Waals surface area contributed by atoms with Gasteiger partial charge in [-0.05, 0) is 30.7 Å². The van der Waals surface area contributed by atoms with Crippen LogP contribution in [0.4, 0.5) is 8.78 Å². The molecule has 0 aliphatic carbocycles. The molecule has 1 aromatic rings. The number of benzene rings is 1. The SMILES string of the molecule is CCCN(Cc1cccc(C(=O)O)c1)CC(F)F. The molecule has 1 rings (SSSR count). The van der Waals surface area contributed by atoms with Crippen molar-refractivity contribution in [3.8, 4) is 0 Å². The third-order valence-corrected chi connectivity index (χ3v) is 2.52. The highest BCUT2D eigenvalue weighted by Crippen LogP contribution is 2.10. The molecule has 0 aliphatic heterocycles. The Morgan fingerprint density at radius 2 is 2.17 bits per heavy atom. The van der Waals surface area contributed by atoms with E-state index in [2.05, 4.69) is 0 Å². The minimum Gasteiger partial charge on any atom is -0.478 e. The van der Waals surface area contributed by atoms with Crippen molar-refractivity contribution in [1.29, 1.82) is 0 Å². The highest BCUT2D eigenvalue weighted by molar-refractivity contribution is 5.87. The van der Waals surface area contributed by atoms with Gasteiger partial charge in [-0.25, -0.2) is 13.6 Å². The Hall–Kier alpha value is -1.49. The summed E-state index contributed by atoms with van der Waals surface area (Å²) >= 11 is 0. The summed E-state index contributed by atoms with van der Waals surface area (Å²) in [6, 6.07) is 6.39. The van der Waals surface area contributed by atoms with E-state index in [4.69, 9.17) is 5.11 Å². The van der Waals surface area contributed by atoms with E-state index in [1.54, 1.807) is 17.0 Å². The predicted molar refractivity (Wildman–Crippen MR) is 65.0 cm³/mol. The Kier molecular flexibility index (Phi) is 5.71. The van der Waals surface area contributed by atoms with Crippen LogP contribution in [0.3, 0.4) is 0 Å². The van der Waals surface area contributed by atoms with E-state index in [0.717, 1.165) is 12.0 Å². The van der Waals surface area contributed by atoms with Gasteiger partial charge in [0.25, 0.3) is 6.43 Å². The number of halogens is 2. The fourth-order valence-corrected chi connectivity index (χ4v) is 1.81. The molecule has 0 heterocycles. The predicted octanol–water partition coefficient (Wildman–Crippen LogP) is 2.86. The maximum absolute atomic E-state index is 12.4. The number of carbonyl (C=O) groups is 1. The molecule has 0 saturated heterocycles. The van der Waals surface area contributed by atoms with Gasteiger partial charge in [-0.3, -0.25) is 4.90 Å². The van der Waals surface area contributed by atoms with Gasteiger partial charge in [0.05, 0.1) is 12.1 Å². The first-order valence-electron chi connectivity index (χ1n) is 5.85. The molecule has 1 aromatic carbocycles. The molecule has 0 atom stereocenters. The Balaban J connectivity index is 2.73. The van der Waals surface area contributed by atoms with E-state index < -0.39 is 12.4 Å². The molecule has 0 fully saturated rings. The molecule has 0 aliphatic rings. The van der Waals surface area contributed by atoms with Crippen LogP contribution >= 0.6 is 0 Å². The number of rotatable bonds is 7. The first kappa shape index (κ1) is 14.6. The third-order valence-electron chi connectivity index (χ3n) is 2.52. The summed E-state index contributed by atoms with van der Waals surface area (Å²) in [5.74, 6) is -1.01. The van der Waals surface area contributed by atoms with Crippen LogP contribution in [-0.4, -0.2) is 35.5 Å². The molecular formula is C13H17F2NO2. The van der Waals surface area contributed by atoms with Crippen LogP contribution in [0, 0.1) is 0 Å². The van der Waals surface area contributed by atoms with Crippen LogP contribution < -0.4 is 0 Å². The molecule has 5 heteroatoms. The zero-order valence-electron chi connectivity index (χ0n) is 10.3. The molecule has 0 aromatic heterocycles. The topological polar surface area (TPSA) is 40.5 Å².